The van der Waals surface area contributed by atoms with Gasteiger partial charge in [0.15, 0.2) is 18.1 Å². The number of para-hydroxylation sites is 2. The third-order valence-electron chi connectivity index (χ3n) is 4.85. The molecule has 9 nitrogen and oxygen atoms in total. The van der Waals surface area contributed by atoms with Crippen LogP contribution < -0.4 is 20.1 Å². The molecular weight excluding hydrogens is 414 g/mol. The Hall–Kier alpha value is -2.97. The van der Waals surface area contributed by atoms with Gasteiger partial charge < -0.3 is 29.7 Å². The van der Waals surface area contributed by atoms with E-state index in [1.807, 2.05) is 19.1 Å². The molecule has 1 saturated heterocycles. The summed E-state index contributed by atoms with van der Waals surface area (Å²) < 4.78 is 16.2. The minimum absolute atomic E-state index is 0.0856. The molecule has 3 amide bonds. The van der Waals surface area contributed by atoms with Gasteiger partial charge in [0.05, 0.1) is 6.61 Å². The summed E-state index contributed by atoms with van der Waals surface area (Å²) in [6, 6.07) is 7.24. The van der Waals surface area contributed by atoms with E-state index in [0.29, 0.717) is 37.7 Å². The maximum absolute atomic E-state index is 12.3. The lowest BCUT2D eigenvalue weighted by Crippen LogP contribution is -2.46. The molecule has 0 radical (unpaired) electrons. The molecule has 2 N–H and O–H groups in total. The van der Waals surface area contributed by atoms with E-state index in [9.17, 15) is 14.4 Å². The summed E-state index contributed by atoms with van der Waals surface area (Å²) >= 11 is 0. The Morgan fingerprint density at radius 2 is 1.66 bits per heavy atom. The Morgan fingerprint density at radius 1 is 1.03 bits per heavy atom. The quantitative estimate of drug-likeness (QED) is 0.599. The van der Waals surface area contributed by atoms with Gasteiger partial charge in [-0.05, 0) is 58.6 Å². The fourth-order valence-electron chi connectivity index (χ4n) is 3.26. The standard InChI is InChI=1S/C23H35N3O6/c1-5-30-18-8-6-7-9-19(18)31-16-20(27)24-14-17-10-12-26(13-11-17)21(28)15-25-22(29)32-23(2,3)4/h6-9,17H,5,10-16H2,1-4H3,(H,24,27)(H,25,29). The predicted molar refractivity (Wildman–Crippen MR) is 120 cm³/mol. The fourth-order valence-corrected chi connectivity index (χ4v) is 3.26. The lowest BCUT2D eigenvalue weighted by Gasteiger charge is -2.32. The van der Waals surface area contributed by atoms with Crippen LogP contribution in [0.3, 0.4) is 0 Å². The van der Waals surface area contributed by atoms with Crippen LogP contribution in [-0.2, 0) is 14.3 Å². The maximum atomic E-state index is 12.3. The smallest absolute Gasteiger partial charge is 0.408 e. The second kappa shape index (κ2) is 12.2. The lowest BCUT2D eigenvalue weighted by molar-refractivity contribution is -0.132. The molecule has 9 heteroatoms. The zero-order valence-electron chi connectivity index (χ0n) is 19.4. The van der Waals surface area contributed by atoms with Crippen LogP contribution in [0.5, 0.6) is 11.5 Å². The van der Waals surface area contributed by atoms with Crippen molar-refractivity contribution in [2.24, 2.45) is 5.92 Å². The Morgan fingerprint density at radius 3 is 2.25 bits per heavy atom. The van der Waals surface area contributed by atoms with E-state index in [2.05, 4.69) is 10.6 Å². The van der Waals surface area contributed by atoms with Crippen LogP contribution in [0.2, 0.25) is 0 Å². The second-order valence-electron chi connectivity index (χ2n) is 8.65. The highest BCUT2D eigenvalue weighted by Crippen LogP contribution is 2.26. The van der Waals surface area contributed by atoms with Gasteiger partial charge in [-0.1, -0.05) is 12.1 Å². The Kier molecular flexibility index (Phi) is 9.61. The normalized spacial score (nSPS) is 14.4. The van der Waals surface area contributed by atoms with Crippen molar-refractivity contribution >= 4 is 17.9 Å². The van der Waals surface area contributed by atoms with Crippen LogP contribution in [-0.4, -0.2) is 67.8 Å². The molecule has 0 bridgehead atoms. The summed E-state index contributed by atoms with van der Waals surface area (Å²) in [7, 11) is 0. The monoisotopic (exact) mass is 449 g/mol. The van der Waals surface area contributed by atoms with Crippen molar-refractivity contribution in [3.8, 4) is 11.5 Å². The summed E-state index contributed by atoms with van der Waals surface area (Å²) in [4.78, 5) is 37.9. The highest BCUT2D eigenvalue weighted by atomic mass is 16.6. The topological polar surface area (TPSA) is 106 Å². The van der Waals surface area contributed by atoms with Gasteiger partial charge >= 0.3 is 6.09 Å². The van der Waals surface area contributed by atoms with Gasteiger partial charge in [-0.15, -0.1) is 0 Å². The van der Waals surface area contributed by atoms with E-state index in [1.54, 1.807) is 37.8 Å². The zero-order chi connectivity index (χ0) is 23.6. The van der Waals surface area contributed by atoms with Gasteiger partial charge in [0.25, 0.3) is 5.91 Å². The molecule has 1 aromatic rings. The largest absolute Gasteiger partial charge is 0.490 e. The van der Waals surface area contributed by atoms with Gasteiger partial charge in [-0.3, -0.25) is 9.59 Å². The number of nitrogens with one attached hydrogen (secondary N) is 2. The molecule has 1 aromatic carbocycles. The summed E-state index contributed by atoms with van der Waals surface area (Å²) in [6.07, 6.45) is 0.966. The molecule has 0 saturated carbocycles. The van der Waals surface area contributed by atoms with Crippen LogP contribution in [0.15, 0.2) is 24.3 Å². The Balaban J connectivity index is 1.64. The van der Waals surface area contributed by atoms with E-state index < -0.39 is 11.7 Å². The molecule has 0 spiro atoms. The Labute approximate surface area is 189 Å². The molecule has 1 aliphatic heterocycles. The SMILES string of the molecule is CCOc1ccccc1OCC(=O)NCC1CCN(C(=O)CNC(=O)OC(C)(C)C)CC1. The minimum Gasteiger partial charge on any atom is -0.490 e. The number of alkyl carbamates (subject to hydrolysis) is 1. The van der Waals surface area contributed by atoms with Crippen molar-refractivity contribution < 1.29 is 28.6 Å². The first kappa shape index (κ1) is 25.3. The average Bonchev–Trinajstić information content (AvgIpc) is 2.75. The van der Waals surface area contributed by atoms with Gasteiger partial charge in [0.1, 0.15) is 12.1 Å². The molecule has 0 aromatic heterocycles. The highest BCUT2D eigenvalue weighted by molar-refractivity contribution is 5.82. The van der Waals surface area contributed by atoms with E-state index in [4.69, 9.17) is 14.2 Å². The first-order chi connectivity index (χ1) is 15.2. The predicted octanol–water partition coefficient (Wildman–Crippen LogP) is 2.34. The number of carbonyl (C=O) groups excluding carboxylic acids is 3. The molecule has 0 unspecified atom stereocenters. The van der Waals surface area contributed by atoms with E-state index in [0.717, 1.165) is 12.8 Å². The van der Waals surface area contributed by atoms with E-state index >= 15 is 0 Å². The molecule has 0 aliphatic carbocycles. The van der Waals surface area contributed by atoms with Crippen molar-refractivity contribution in [1.82, 2.24) is 15.5 Å². The second-order valence-corrected chi connectivity index (χ2v) is 8.65. The number of rotatable bonds is 9. The number of hydrogen-bond donors (Lipinski definition) is 2. The van der Waals surface area contributed by atoms with Crippen LogP contribution in [0, 0.1) is 5.92 Å². The van der Waals surface area contributed by atoms with Crippen molar-refractivity contribution in [3.05, 3.63) is 24.3 Å². The lowest BCUT2D eigenvalue weighted by atomic mass is 9.96. The number of nitrogens with zero attached hydrogens (tertiary/aromatic N) is 1. The van der Waals surface area contributed by atoms with Crippen LogP contribution in [0.25, 0.3) is 0 Å². The van der Waals surface area contributed by atoms with E-state index in [-0.39, 0.29) is 30.9 Å². The summed E-state index contributed by atoms with van der Waals surface area (Å²) in [5, 5.41) is 5.39. The first-order valence-electron chi connectivity index (χ1n) is 11.0. The van der Waals surface area contributed by atoms with Gasteiger partial charge in [-0.2, -0.15) is 0 Å². The van der Waals surface area contributed by atoms with Crippen molar-refractivity contribution in [2.45, 2.75) is 46.1 Å². The van der Waals surface area contributed by atoms with Crippen molar-refractivity contribution in [2.75, 3.05) is 39.4 Å². The number of likely N-dealkylation sites (tertiary alicyclic amines) is 1. The average molecular weight is 450 g/mol. The number of piperidine rings is 1. The number of carbonyl (C=O) groups is 3. The molecule has 0 atom stereocenters. The minimum atomic E-state index is -0.604. The molecule has 178 valence electrons. The summed E-state index contributed by atoms with van der Waals surface area (Å²) in [5.41, 5.74) is -0.604. The molecule has 1 fully saturated rings. The molecular formula is C23H35N3O6. The summed E-state index contributed by atoms with van der Waals surface area (Å²) in [6.45, 7) is 9.26. The summed E-state index contributed by atoms with van der Waals surface area (Å²) in [5.74, 6) is 1.10. The highest BCUT2D eigenvalue weighted by Gasteiger charge is 2.24. The molecule has 2 rings (SSSR count). The third-order valence-corrected chi connectivity index (χ3v) is 4.85. The third kappa shape index (κ3) is 9.03. The number of hydrogen-bond acceptors (Lipinski definition) is 6. The molecule has 1 aliphatic rings. The van der Waals surface area contributed by atoms with E-state index in [1.165, 1.54) is 0 Å². The first-order valence-corrected chi connectivity index (χ1v) is 11.0. The number of ether oxygens (including phenoxy) is 3. The van der Waals surface area contributed by atoms with Crippen LogP contribution in [0.4, 0.5) is 4.79 Å². The fraction of sp³-hybridized carbons (Fsp3) is 0.609. The number of amides is 3. The van der Waals surface area contributed by atoms with Gasteiger partial charge in [0, 0.05) is 19.6 Å². The van der Waals surface area contributed by atoms with Crippen LogP contribution >= 0.6 is 0 Å². The zero-order valence-corrected chi connectivity index (χ0v) is 19.4. The maximum Gasteiger partial charge on any atom is 0.408 e. The van der Waals surface area contributed by atoms with Crippen molar-refractivity contribution in [1.29, 1.82) is 0 Å². The molecule has 1 heterocycles. The van der Waals surface area contributed by atoms with Crippen LogP contribution in [0.1, 0.15) is 40.5 Å². The van der Waals surface area contributed by atoms with Gasteiger partial charge in [0.2, 0.25) is 5.91 Å². The number of benzene rings is 1. The van der Waals surface area contributed by atoms with Crippen molar-refractivity contribution in [3.63, 3.8) is 0 Å². The molecule has 32 heavy (non-hydrogen) atoms. The van der Waals surface area contributed by atoms with Gasteiger partial charge in [-0.25, -0.2) is 4.79 Å². The Bertz CT molecular complexity index is 769.